The van der Waals surface area contributed by atoms with Gasteiger partial charge in [-0.05, 0) is 53.5 Å². The van der Waals surface area contributed by atoms with Gasteiger partial charge in [-0.25, -0.2) is 0 Å². The Kier molecular flexibility index (Phi) is 8.64. The second-order valence-electron chi connectivity index (χ2n) is 6.10. The maximum Gasteiger partial charge on any atom is 0.0104 e. The van der Waals surface area contributed by atoms with Crippen molar-refractivity contribution in [3.8, 4) is 0 Å². The first-order valence-corrected chi connectivity index (χ1v) is 7.75. The summed E-state index contributed by atoms with van der Waals surface area (Å²) in [6.07, 6.45) is 9.81. The van der Waals surface area contributed by atoms with Crippen LogP contribution in [0, 0.1) is 0 Å². The molecule has 0 bridgehead atoms. The molecule has 0 amide bonds. The van der Waals surface area contributed by atoms with Crippen molar-refractivity contribution in [3.05, 3.63) is 0 Å². The Morgan fingerprint density at radius 3 is 2.17 bits per heavy atom. The zero-order valence-corrected chi connectivity index (χ0v) is 12.7. The monoisotopic (exact) mass is 255 g/mol. The zero-order chi connectivity index (χ0) is 13.2. The largest absolute Gasteiger partial charge is 0.313 e. The van der Waals surface area contributed by atoms with Crippen LogP contribution in [0.15, 0.2) is 0 Å². The summed E-state index contributed by atoms with van der Waals surface area (Å²) in [6, 6.07) is 0.794. The summed E-state index contributed by atoms with van der Waals surface area (Å²) in [5, 5.41) is 3.74. The molecule has 1 saturated carbocycles. The van der Waals surface area contributed by atoms with Gasteiger partial charge in [0.2, 0.25) is 0 Å². The van der Waals surface area contributed by atoms with E-state index in [9.17, 15) is 0 Å². The highest BCUT2D eigenvalue weighted by Gasteiger charge is 2.11. The van der Waals surface area contributed by atoms with E-state index in [-0.39, 0.29) is 0 Å². The Bertz CT molecular complexity index is 186. The first-order chi connectivity index (χ1) is 8.68. The lowest BCUT2D eigenvalue weighted by Gasteiger charge is -2.21. The number of hydrogen-bond donors (Lipinski definition) is 1. The number of likely N-dealkylation sites (N-methyl/N-ethyl adjacent to an activating group) is 1. The van der Waals surface area contributed by atoms with E-state index in [1.54, 1.807) is 0 Å². The molecule has 0 saturated heterocycles. The minimum Gasteiger partial charge on any atom is -0.313 e. The van der Waals surface area contributed by atoms with E-state index in [1.165, 1.54) is 64.6 Å². The molecule has 0 aliphatic heterocycles. The number of hydrogen-bond acceptors (Lipinski definition) is 3. The second kappa shape index (κ2) is 9.76. The highest BCUT2D eigenvalue weighted by molar-refractivity contribution is 4.71. The highest BCUT2D eigenvalue weighted by Crippen LogP contribution is 2.16. The minimum absolute atomic E-state index is 0.794. The maximum atomic E-state index is 3.74. The molecule has 1 fully saturated rings. The smallest absolute Gasteiger partial charge is 0.0104 e. The molecule has 1 aliphatic carbocycles. The van der Waals surface area contributed by atoms with Gasteiger partial charge in [0.05, 0.1) is 0 Å². The normalized spacial score (nSPS) is 18.5. The molecular formula is C15H33N3. The lowest BCUT2D eigenvalue weighted by atomic mass is 10.1. The average molecular weight is 255 g/mol. The summed E-state index contributed by atoms with van der Waals surface area (Å²) >= 11 is 0. The van der Waals surface area contributed by atoms with E-state index in [0.29, 0.717) is 0 Å². The standard InChI is InChI=1S/C15H33N3/c1-17(2)12-8-13-18(3)14-11-16-15-9-6-4-5-7-10-15/h15-16H,4-14H2,1-3H3. The summed E-state index contributed by atoms with van der Waals surface area (Å²) < 4.78 is 0. The molecule has 0 aromatic heterocycles. The van der Waals surface area contributed by atoms with Crippen LogP contribution in [0.1, 0.15) is 44.9 Å². The third-order valence-corrected chi connectivity index (χ3v) is 3.93. The molecule has 18 heavy (non-hydrogen) atoms. The Balaban J connectivity index is 1.98. The van der Waals surface area contributed by atoms with Crippen molar-refractivity contribution >= 4 is 0 Å². The fraction of sp³-hybridized carbons (Fsp3) is 1.00. The molecule has 3 nitrogen and oxygen atoms in total. The zero-order valence-electron chi connectivity index (χ0n) is 12.7. The van der Waals surface area contributed by atoms with E-state index in [2.05, 4.69) is 36.3 Å². The van der Waals surface area contributed by atoms with Crippen LogP contribution < -0.4 is 5.32 Å². The predicted octanol–water partition coefficient (Wildman–Crippen LogP) is 2.18. The van der Waals surface area contributed by atoms with Gasteiger partial charge in [-0.1, -0.05) is 25.7 Å². The molecule has 0 heterocycles. The lowest BCUT2D eigenvalue weighted by Crippen LogP contribution is -2.36. The van der Waals surface area contributed by atoms with Crippen molar-refractivity contribution in [1.82, 2.24) is 15.1 Å². The van der Waals surface area contributed by atoms with E-state index < -0.39 is 0 Å². The third-order valence-electron chi connectivity index (χ3n) is 3.93. The molecular weight excluding hydrogens is 222 g/mol. The van der Waals surface area contributed by atoms with Crippen LogP contribution in [0.2, 0.25) is 0 Å². The van der Waals surface area contributed by atoms with Gasteiger partial charge in [0.1, 0.15) is 0 Å². The fourth-order valence-electron chi connectivity index (χ4n) is 2.71. The van der Waals surface area contributed by atoms with E-state index in [0.717, 1.165) is 12.6 Å². The van der Waals surface area contributed by atoms with Gasteiger partial charge in [-0.15, -0.1) is 0 Å². The van der Waals surface area contributed by atoms with E-state index in [4.69, 9.17) is 0 Å². The van der Waals surface area contributed by atoms with Gasteiger partial charge in [0.25, 0.3) is 0 Å². The van der Waals surface area contributed by atoms with Crippen LogP contribution in [0.25, 0.3) is 0 Å². The first kappa shape index (κ1) is 15.9. The van der Waals surface area contributed by atoms with Gasteiger partial charge in [0.15, 0.2) is 0 Å². The van der Waals surface area contributed by atoms with Crippen LogP contribution >= 0.6 is 0 Å². The van der Waals surface area contributed by atoms with Crippen LogP contribution in [0.3, 0.4) is 0 Å². The summed E-state index contributed by atoms with van der Waals surface area (Å²) in [6.45, 7) is 4.75. The summed E-state index contributed by atoms with van der Waals surface area (Å²) in [5.74, 6) is 0. The molecule has 0 unspecified atom stereocenters. The Labute approximate surface area is 114 Å². The average Bonchev–Trinajstić information content (AvgIpc) is 2.57. The second-order valence-corrected chi connectivity index (χ2v) is 6.10. The summed E-state index contributed by atoms with van der Waals surface area (Å²) in [5.41, 5.74) is 0. The van der Waals surface area contributed by atoms with Gasteiger partial charge < -0.3 is 15.1 Å². The van der Waals surface area contributed by atoms with Crippen LogP contribution in [-0.2, 0) is 0 Å². The predicted molar refractivity (Wildman–Crippen MR) is 80.2 cm³/mol. The van der Waals surface area contributed by atoms with Crippen LogP contribution in [-0.4, -0.2) is 63.2 Å². The van der Waals surface area contributed by atoms with Crippen molar-refractivity contribution in [2.24, 2.45) is 0 Å². The lowest BCUT2D eigenvalue weighted by molar-refractivity contribution is 0.292. The van der Waals surface area contributed by atoms with Crippen molar-refractivity contribution in [2.45, 2.75) is 51.0 Å². The van der Waals surface area contributed by atoms with Gasteiger partial charge >= 0.3 is 0 Å². The highest BCUT2D eigenvalue weighted by atomic mass is 15.1. The van der Waals surface area contributed by atoms with Crippen LogP contribution in [0.4, 0.5) is 0 Å². The molecule has 108 valence electrons. The minimum atomic E-state index is 0.794. The number of nitrogens with one attached hydrogen (secondary N) is 1. The van der Waals surface area contributed by atoms with Gasteiger partial charge in [-0.2, -0.15) is 0 Å². The number of nitrogens with zero attached hydrogens (tertiary/aromatic N) is 2. The van der Waals surface area contributed by atoms with E-state index >= 15 is 0 Å². The molecule has 0 spiro atoms. The Morgan fingerprint density at radius 2 is 1.56 bits per heavy atom. The molecule has 3 heteroatoms. The van der Waals surface area contributed by atoms with Gasteiger partial charge in [0, 0.05) is 19.1 Å². The Hall–Kier alpha value is -0.120. The molecule has 0 atom stereocenters. The quantitative estimate of drug-likeness (QED) is 0.671. The molecule has 1 N–H and O–H groups in total. The molecule has 0 radical (unpaired) electrons. The molecule has 1 rings (SSSR count). The SMILES string of the molecule is CN(C)CCCN(C)CCNC1CCCCCC1. The van der Waals surface area contributed by atoms with Gasteiger partial charge in [-0.3, -0.25) is 0 Å². The molecule has 0 aromatic rings. The van der Waals surface area contributed by atoms with Crippen molar-refractivity contribution < 1.29 is 0 Å². The topological polar surface area (TPSA) is 18.5 Å². The molecule has 1 aliphatic rings. The first-order valence-electron chi connectivity index (χ1n) is 7.75. The fourth-order valence-corrected chi connectivity index (χ4v) is 2.71. The van der Waals surface area contributed by atoms with Crippen molar-refractivity contribution in [3.63, 3.8) is 0 Å². The molecule has 0 aromatic carbocycles. The van der Waals surface area contributed by atoms with Crippen LogP contribution in [0.5, 0.6) is 0 Å². The van der Waals surface area contributed by atoms with E-state index in [1.807, 2.05) is 0 Å². The van der Waals surface area contributed by atoms with Crippen molar-refractivity contribution in [2.75, 3.05) is 47.3 Å². The Morgan fingerprint density at radius 1 is 0.889 bits per heavy atom. The maximum absolute atomic E-state index is 3.74. The summed E-state index contributed by atoms with van der Waals surface area (Å²) in [7, 11) is 6.53. The summed E-state index contributed by atoms with van der Waals surface area (Å²) in [4.78, 5) is 4.71. The third kappa shape index (κ3) is 8.06. The van der Waals surface area contributed by atoms with Crippen molar-refractivity contribution in [1.29, 1.82) is 0 Å². The number of rotatable bonds is 8.